The molecule has 1 heterocycles. The average molecular weight is 401 g/mol. The van der Waals surface area contributed by atoms with Crippen molar-refractivity contribution in [3.8, 4) is 0 Å². The molecule has 2 aromatic carbocycles. The number of amides is 4. The molecule has 0 aliphatic carbocycles. The van der Waals surface area contributed by atoms with Crippen molar-refractivity contribution in [3.05, 3.63) is 64.7 Å². The van der Waals surface area contributed by atoms with E-state index >= 15 is 0 Å². The number of hydrogen-bond donors (Lipinski definition) is 2. The third-order valence-corrected chi connectivity index (χ3v) is 4.91. The summed E-state index contributed by atoms with van der Waals surface area (Å²) in [5.41, 5.74) is 2.83. The minimum Gasteiger partial charge on any atom is -0.334 e. The van der Waals surface area contributed by atoms with Gasteiger partial charge in [0.2, 0.25) is 0 Å². The van der Waals surface area contributed by atoms with E-state index in [0.717, 1.165) is 23.2 Å². The minimum atomic E-state index is -0.133. The Morgan fingerprint density at radius 2 is 1.68 bits per heavy atom. The predicted octanol–water partition coefficient (Wildman–Crippen LogP) is 4.10. The van der Waals surface area contributed by atoms with Crippen molar-refractivity contribution >= 4 is 29.4 Å². The Morgan fingerprint density at radius 1 is 0.964 bits per heavy atom. The fraction of sp³-hybridized carbons (Fsp3) is 0.333. The van der Waals surface area contributed by atoms with Crippen molar-refractivity contribution in [2.45, 2.75) is 19.9 Å². The van der Waals surface area contributed by atoms with E-state index in [0.29, 0.717) is 37.7 Å². The number of carbonyl (C=O) groups is 2. The molecule has 7 heteroatoms. The molecule has 1 aliphatic rings. The lowest BCUT2D eigenvalue weighted by Crippen LogP contribution is -2.43. The number of urea groups is 2. The zero-order chi connectivity index (χ0) is 19.9. The molecule has 0 saturated carbocycles. The highest BCUT2D eigenvalue weighted by Gasteiger charge is 2.22. The van der Waals surface area contributed by atoms with Crippen LogP contribution in [0.3, 0.4) is 0 Å². The van der Waals surface area contributed by atoms with Gasteiger partial charge in [0.25, 0.3) is 0 Å². The quantitative estimate of drug-likeness (QED) is 0.814. The van der Waals surface area contributed by atoms with Gasteiger partial charge in [0, 0.05) is 43.4 Å². The Bertz CT molecular complexity index is 843. The van der Waals surface area contributed by atoms with Gasteiger partial charge in [0.15, 0.2) is 0 Å². The molecule has 1 aliphatic heterocycles. The van der Waals surface area contributed by atoms with Crippen LogP contribution in [0.4, 0.5) is 15.3 Å². The molecule has 3 rings (SSSR count). The topological polar surface area (TPSA) is 64.7 Å². The highest BCUT2D eigenvalue weighted by atomic mass is 35.5. The first-order valence-corrected chi connectivity index (χ1v) is 9.79. The second kappa shape index (κ2) is 9.46. The van der Waals surface area contributed by atoms with Crippen molar-refractivity contribution in [1.82, 2.24) is 15.1 Å². The van der Waals surface area contributed by atoms with E-state index in [1.54, 1.807) is 15.9 Å². The van der Waals surface area contributed by atoms with E-state index in [1.807, 2.05) is 49.4 Å². The normalized spacial score (nSPS) is 14.4. The van der Waals surface area contributed by atoms with Crippen molar-refractivity contribution in [2.75, 3.05) is 31.5 Å². The lowest BCUT2D eigenvalue weighted by Gasteiger charge is -2.23. The molecule has 0 unspecified atom stereocenters. The first-order valence-electron chi connectivity index (χ1n) is 9.41. The van der Waals surface area contributed by atoms with Crippen LogP contribution in [0.1, 0.15) is 17.5 Å². The summed E-state index contributed by atoms with van der Waals surface area (Å²) >= 11 is 5.98. The number of nitrogens with zero attached hydrogens (tertiary/aromatic N) is 2. The monoisotopic (exact) mass is 400 g/mol. The zero-order valence-corrected chi connectivity index (χ0v) is 16.7. The molecule has 0 radical (unpaired) electrons. The molecule has 148 valence electrons. The molecule has 0 spiro atoms. The van der Waals surface area contributed by atoms with Gasteiger partial charge in [-0.25, -0.2) is 9.59 Å². The maximum absolute atomic E-state index is 12.5. The lowest BCUT2D eigenvalue weighted by atomic mass is 10.2. The number of carbonyl (C=O) groups excluding carboxylic acids is 2. The van der Waals surface area contributed by atoms with Gasteiger partial charge in [-0.2, -0.15) is 0 Å². The van der Waals surface area contributed by atoms with E-state index in [-0.39, 0.29) is 12.1 Å². The fourth-order valence-electron chi connectivity index (χ4n) is 3.19. The fourth-order valence-corrected chi connectivity index (χ4v) is 3.40. The van der Waals surface area contributed by atoms with Gasteiger partial charge in [0.1, 0.15) is 0 Å². The predicted molar refractivity (Wildman–Crippen MR) is 112 cm³/mol. The molecule has 2 aromatic rings. The highest BCUT2D eigenvalue weighted by molar-refractivity contribution is 6.30. The van der Waals surface area contributed by atoms with E-state index in [9.17, 15) is 9.59 Å². The molecule has 0 atom stereocenters. The second-order valence-electron chi connectivity index (χ2n) is 6.92. The second-order valence-corrected chi connectivity index (χ2v) is 7.35. The summed E-state index contributed by atoms with van der Waals surface area (Å²) in [4.78, 5) is 28.5. The van der Waals surface area contributed by atoms with E-state index < -0.39 is 0 Å². The molecule has 6 nitrogen and oxygen atoms in total. The van der Waals surface area contributed by atoms with Crippen LogP contribution in [0.5, 0.6) is 0 Å². The van der Waals surface area contributed by atoms with Crippen LogP contribution in [-0.4, -0.2) is 48.0 Å². The summed E-state index contributed by atoms with van der Waals surface area (Å²) in [5, 5.41) is 6.50. The molecular formula is C21H25ClN4O2. The summed E-state index contributed by atoms with van der Waals surface area (Å²) in [6.07, 6.45) is 0.742. The standard InChI is InChI=1S/C21H25ClN4O2/c1-16-5-2-8-19(13-16)24-21(28)26-10-4-9-25(11-12-26)20(27)23-15-17-6-3-7-18(22)14-17/h2-3,5-8,13-14H,4,9-12,15H2,1H3,(H,23,27)(H,24,28). The number of nitrogens with one attached hydrogen (secondary N) is 2. The molecule has 0 bridgehead atoms. The Kier molecular flexibility index (Phi) is 6.76. The van der Waals surface area contributed by atoms with Crippen LogP contribution in [0.2, 0.25) is 5.02 Å². The molecule has 2 N–H and O–H groups in total. The average Bonchev–Trinajstić information content (AvgIpc) is 2.92. The van der Waals surface area contributed by atoms with Gasteiger partial charge in [-0.05, 0) is 48.7 Å². The third-order valence-electron chi connectivity index (χ3n) is 4.67. The summed E-state index contributed by atoms with van der Waals surface area (Å²) in [5.74, 6) is 0. The van der Waals surface area contributed by atoms with Gasteiger partial charge in [-0.3, -0.25) is 0 Å². The maximum Gasteiger partial charge on any atom is 0.321 e. The number of rotatable bonds is 3. The minimum absolute atomic E-state index is 0.124. The first kappa shape index (κ1) is 20.0. The first-order chi connectivity index (χ1) is 13.5. The highest BCUT2D eigenvalue weighted by Crippen LogP contribution is 2.13. The van der Waals surface area contributed by atoms with Crippen LogP contribution in [0, 0.1) is 6.92 Å². The zero-order valence-electron chi connectivity index (χ0n) is 16.0. The van der Waals surface area contributed by atoms with E-state index in [2.05, 4.69) is 10.6 Å². The Balaban J connectivity index is 1.49. The van der Waals surface area contributed by atoms with Gasteiger partial charge >= 0.3 is 12.1 Å². The van der Waals surface area contributed by atoms with Crippen LogP contribution >= 0.6 is 11.6 Å². The SMILES string of the molecule is Cc1cccc(NC(=O)N2CCCN(C(=O)NCc3cccc(Cl)c3)CC2)c1. The summed E-state index contributed by atoms with van der Waals surface area (Å²) in [6, 6.07) is 14.9. The largest absolute Gasteiger partial charge is 0.334 e. The van der Waals surface area contributed by atoms with Gasteiger partial charge in [-0.1, -0.05) is 35.9 Å². The van der Waals surface area contributed by atoms with Crippen molar-refractivity contribution < 1.29 is 9.59 Å². The van der Waals surface area contributed by atoms with Crippen LogP contribution in [0.15, 0.2) is 48.5 Å². The maximum atomic E-state index is 12.5. The number of halogens is 1. The third kappa shape index (κ3) is 5.63. The molecule has 4 amide bonds. The molecule has 1 saturated heterocycles. The van der Waals surface area contributed by atoms with Crippen molar-refractivity contribution in [1.29, 1.82) is 0 Å². The Morgan fingerprint density at radius 3 is 2.39 bits per heavy atom. The molecule has 28 heavy (non-hydrogen) atoms. The molecular weight excluding hydrogens is 376 g/mol. The van der Waals surface area contributed by atoms with Gasteiger partial charge < -0.3 is 20.4 Å². The van der Waals surface area contributed by atoms with Gasteiger partial charge in [-0.15, -0.1) is 0 Å². The van der Waals surface area contributed by atoms with Gasteiger partial charge in [0.05, 0.1) is 0 Å². The van der Waals surface area contributed by atoms with Crippen LogP contribution < -0.4 is 10.6 Å². The number of benzene rings is 2. The van der Waals surface area contributed by atoms with Crippen molar-refractivity contribution in [3.63, 3.8) is 0 Å². The van der Waals surface area contributed by atoms with Crippen molar-refractivity contribution in [2.24, 2.45) is 0 Å². The smallest absolute Gasteiger partial charge is 0.321 e. The summed E-state index contributed by atoms with van der Waals surface area (Å²) < 4.78 is 0. The van der Waals surface area contributed by atoms with E-state index in [4.69, 9.17) is 11.6 Å². The summed E-state index contributed by atoms with van der Waals surface area (Å²) in [7, 11) is 0. The molecule has 0 aromatic heterocycles. The lowest BCUT2D eigenvalue weighted by molar-refractivity contribution is 0.195. The van der Waals surface area contributed by atoms with Crippen LogP contribution in [0.25, 0.3) is 0 Å². The number of anilines is 1. The Hall–Kier alpha value is -2.73. The Labute approximate surface area is 170 Å². The molecule has 1 fully saturated rings. The summed E-state index contributed by atoms with van der Waals surface area (Å²) in [6.45, 7) is 4.66. The number of hydrogen-bond acceptors (Lipinski definition) is 2. The van der Waals surface area contributed by atoms with E-state index in [1.165, 1.54) is 0 Å². The number of aryl methyl sites for hydroxylation is 1. The van der Waals surface area contributed by atoms with Crippen LogP contribution in [-0.2, 0) is 6.54 Å².